The van der Waals surface area contributed by atoms with Gasteiger partial charge in [0.25, 0.3) is 0 Å². The molecule has 1 heterocycles. The molecule has 6 heteroatoms. The smallest absolute Gasteiger partial charge is 0.406 e. The Bertz CT molecular complexity index is 549. The van der Waals surface area contributed by atoms with E-state index in [4.69, 9.17) is 18.9 Å². The van der Waals surface area contributed by atoms with E-state index < -0.39 is 0 Å². The summed E-state index contributed by atoms with van der Waals surface area (Å²) in [5.74, 6) is 1.63. The van der Waals surface area contributed by atoms with Gasteiger partial charge < -0.3 is 24.3 Å². The van der Waals surface area contributed by atoms with E-state index in [1.54, 1.807) is 7.05 Å². The number of hydrogen-bond acceptors (Lipinski definition) is 5. The van der Waals surface area contributed by atoms with E-state index in [9.17, 15) is 4.79 Å². The van der Waals surface area contributed by atoms with Gasteiger partial charge in [-0.3, -0.25) is 0 Å². The summed E-state index contributed by atoms with van der Waals surface area (Å²) in [6.45, 7) is 2.26. The van der Waals surface area contributed by atoms with Crippen LogP contribution in [0.3, 0.4) is 0 Å². The molecule has 2 rings (SSSR count). The van der Waals surface area contributed by atoms with E-state index in [2.05, 4.69) is 5.32 Å². The Morgan fingerprint density at radius 2 is 1.56 bits per heavy atom. The predicted octanol–water partition coefficient (Wildman–Crippen LogP) is 4.80. The molecule has 1 amide bonds. The third-order valence-electron chi connectivity index (χ3n) is 4.58. The third-order valence-corrected chi connectivity index (χ3v) is 4.58. The predicted molar refractivity (Wildman–Crippen MR) is 104 cm³/mol. The minimum absolute atomic E-state index is 0.311. The molecule has 1 aliphatic rings. The largest absolute Gasteiger partial charge is 0.454 e. The zero-order valence-electron chi connectivity index (χ0n) is 16.5. The Morgan fingerprint density at radius 1 is 0.926 bits per heavy atom. The number of benzene rings is 1. The molecule has 0 saturated heterocycles. The van der Waals surface area contributed by atoms with E-state index in [0.717, 1.165) is 42.9 Å². The van der Waals surface area contributed by atoms with Crippen LogP contribution < -0.4 is 14.8 Å². The topological polar surface area (TPSA) is 66.0 Å². The second-order valence-electron chi connectivity index (χ2n) is 6.81. The molecule has 6 nitrogen and oxygen atoms in total. The van der Waals surface area contributed by atoms with Crippen molar-refractivity contribution in [1.82, 2.24) is 5.32 Å². The fourth-order valence-corrected chi connectivity index (χ4v) is 3.00. The molecule has 0 bridgehead atoms. The summed E-state index contributed by atoms with van der Waals surface area (Å²) in [5, 5.41) is 2.45. The first-order chi connectivity index (χ1) is 13.3. The van der Waals surface area contributed by atoms with Crippen LogP contribution in [0.4, 0.5) is 4.79 Å². The number of fused-ring (bicyclic) bond motifs is 1. The van der Waals surface area contributed by atoms with Crippen molar-refractivity contribution in [2.24, 2.45) is 0 Å². The van der Waals surface area contributed by atoms with Crippen molar-refractivity contribution in [1.29, 1.82) is 0 Å². The SMILES string of the molecule is CNC(=O)OCCCCCCCCCCCOCc1ccc2c(c1)OCO2. The zero-order chi connectivity index (χ0) is 19.2. The van der Waals surface area contributed by atoms with Crippen LogP contribution in [-0.2, 0) is 16.1 Å². The van der Waals surface area contributed by atoms with Gasteiger partial charge in [-0.15, -0.1) is 0 Å². The van der Waals surface area contributed by atoms with Crippen LogP contribution in [0.2, 0.25) is 0 Å². The molecule has 1 aliphatic heterocycles. The number of carbonyl (C=O) groups is 1. The maximum atomic E-state index is 10.9. The molecule has 0 atom stereocenters. The van der Waals surface area contributed by atoms with Crippen LogP contribution in [-0.4, -0.2) is 33.1 Å². The Kier molecular flexibility index (Phi) is 10.5. The number of amides is 1. The lowest BCUT2D eigenvalue weighted by Gasteiger charge is -2.06. The lowest BCUT2D eigenvalue weighted by Crippen LogP contribution is -2.19. The number of alkyl carbamates (subject to hydrolysis) is 1. The third kappa shape index (κ3) is 9.00. The van der Waals surface area contributed by atoms with Crippen LogP contribution >= 0.6 is 0 Å². The van der Waals surface area contributed by atoms with Crippen molar-refractivity contribution in [2.75, 3.05) is 27.1 Å². The number of hydrogen-bond donors (Lipinski definition) is 1. The van der Waals surface area contributed by atoms with Crippen molar-refractivity contribution in [3.8, 4) is 11.5 Å². The molecule has 0 unspecified atom stereocenters. The highest BCUT2D eigenvalue weighted by Gasteiger charge is 2.12. The second-order valence-corrected chi connectivity index (χ2v) is 6.81. The average molecular weight is 379 g/mol. The maximum Gasteiger partial charge on any atom is 0.406 e. The first kappa shape index (κ1) is 21.4. The molecule has 1 aromatic carbocycles. The summed E-state index contributed by atoms with van der Waals surface area (Å²) in [7, 11) is 1.58. The van der Waals surface area contributed by atoms with Crippen LogP contribution in [0.25, 0.3) is 0 Å². The van der Waals surface area contributed by atoms with E-state index in [-0.39, 0.29) is 6.09 Å². The van der Waals surface area contributed by atoms with Crippen molar-refractivity contribution in [3.63, 3.8) is 0 Å². The highest BCUT2D eigenvalue weighted by Crippen LogP contribution is 2.32. The molecule has 0 radical (unpaired) electrons. The van der Waals surface area contributed by atoms with Gasteiger partial charge in [-0.25, -0.2) is 4.79 Å². The number of unbranched alkanes of at least 4 members (excludes halogenated alkanes) is 8. The lowest BCUT2D eigenvalue weighted by molar-refractivity contribution is 0.116. The van der Waals surface area contributed by atoms with Gasteiger partial charge in [-0.05, 0) is 30.5 Å². The minimum atomic E-state index is -0.338. The molecular formula is C21H33NO5. The number of nitrogens with one attached hydrogen (secondary N) is 1. The van der Waals surface area contributed by atoms with Crippen LogP contribution in [0.15, 0.2) is 18.2 Å². The van der Waals surface area contributed by atoms with Crippen LogP contribution in [0, 0.1) is 0 Å². The number of ether oxygens (including phenoxy) is 4. The van der Waals surface area contributed by atoms with E-state index in [0.29, 0.717) is 20.0 Å². The van der Waals surface area contributed by atoms with Gasteiger partial charge in [-0.1, -0.05) is 51.0 Å². The van der Waals surface area contributed by atoms with Crippen molar-refractivity contribution in [3.05, 3.63) is 23.8 Å². The van der Waals surface area contributed by atoms with E-state index in [1.165, 1.54) is 38.5 Å². The Labute approximate surface area is 162 Å². The van der Waals surface area contributed by atoms with Gasteiger partial charge in [0.15, 0.2) is 11.5 Å². The van der Waals surface area contributed by atoms with Gasteiger partial charge in [0.1, 0.15) is 0 Å². The Morgan fingerprint density at radius 3 is 2.26 bits per heavy atom. The molecule has 0 aromatic heterocycles. The molecule has 0 aliphatic carbocycles. The summed E-state index contributed by atoms with van der Waals surface area (Å²) in [5.41, 5.74) is 1.12. The molecular weight excluding hydrogens is 346 g/mol. The molecule has 0 saturated carbocycles. The second kappa shape index (κ2) is 13.3. The number of rotatable bonds is 14. The molecule has 0 fully saturated rings. The van der Waals surface area contributed by atoms with Gasteiger partial charge in [0.05, 0.1) is 13.2 Å². The van der Waals surface area contributed by atoms with Crippen molar-refractivity contribution in [2.45, 2.75) is 64.4 Å². The minimum Gasteiger partial charge on any atom is -0.454 e. The van der Waals surface area contributed by atoms with E-state index in [1.807, 2.05) is 18.2 Å². The normalized spacial score (nSPS) is 12.2. The molecule has 152 valence electrons. The summed E-state index contributed by atoms with van der Waals surface area (Å²) in [4.78, 5) is 10.9. The maximum absolute atomic E-state index is 10.9. The fourth-order valence-electron chi connectivity index (χ4n) is 3.00. The first-order valence-corrected chi connectivity index (χ1v) is 10.1. The van der Waals surface area contributed by atoms with Crippen LogP contribution in [0.1, 0.15) is 63.4 Å². The molecule has 1 N–H and O–H groups in total. The molecule has 27 heavy (non-hydrogen) atoms. The molecule has 0 spiro atoms. The average Bonchev–Trinajstić information content (AvgIpc) is 3.15. The first-order valence-electron chi connectivity index (χ1n) is 10.1. The highest BCUT2D eigenvalue weighted by molar-refractivity contribution is 5.66. The van der Waals surface area contributed by atoms with Gasteiger partial charge in [-0.2, -0.15) is 0 Å². The monoisotopic (exact) mass is 379 g/mol. The van der Waals surface area contributed by atoms with Gasteiger partial charge in [0.2, 0.25) is 6.79 Å². The molecule has 1 aromatic rings. The number of carbonyl (C=O) groups excluding carboxylic acids is 1. The lowest BCUT2D eigenvalue weighted by atomic mass is 10.1. The summed E-state index contributed by atoms with van der Waals surface area (Å²) in [6.07, 6.45) is 10.4. The summed E-state index contributed by atoms with van der Waals surface area (Å²) in [6, 6.07) is 5.96. The van der Waals surface area contributed by atoms with Gasteiger partial charge >= 0.3 is 6.09 Å². The van der Waals surface area contributed by atoms with Crippen molar-refractivity contribution < 1.29 is 23.7 Å². The van der Waals surface area contributed by atoms with Gasteiger partial charge in [0, 0.05) is 13.7 Å². The summed E-state index contributed by atoms with van der Waals surface area (Å²) >= 11 is 0. The highest BCUT2D eigenvalue weighted by atomic mass is 16.7. The fraction of sp³-hybridized carbons (Fsp3) is 0.667. The van der Waals surface area contributed by atoms with Crippen LogP contribution in [0.5, 0.6) is 11.5 Å². The quantitative estimate of drug-likeness (QED) is 0.470. The Balaban J connectivity index is 1.33. The Hall–Kier alpha value is -1.95. The zero-order valence-corrected chi connectivity index (χ0v) is 16.5. The standard InChI is InChI=1S/C21H33NO5/c1-22-21(23)25-14-10-8-6-4-2-3-5-7-9-13-24-16-18-11-12-19-20(15-18)27-17-26-19/h11-12,15H,2-10,13-14,16-17H2,1H3,(H,22,23). The summed E-state index contributed by atoms with van der Waals surface area (Å²) < 4.78 is 21.4. The van der Waals surface area contributed by atoms with Crippen molar-refractivity contribution >= 4 is 6.09 Å². The van der Waals surface area contributed by atoms with E-state index >= 15 is 0 Å².